The molecule has 0 aliphatic rings. The minimum atomic E-state index is -0.853. The Morgan fingerprint density at radius 1 is 1.26 bits per heavy atom. The second-order valence-corrected chi connectivity index (χ2v) is 6.78. The Labute approximate surface area is 140 Å². The Morgan fingerprint density at radius 2 is 2.00 bits per heavy atom. The maximum absolute atomic E-state index is 12.5. The van der Waals surface area contributed by atoms with Crippen LogP contribution in [0.3, 0.4) is 0 Å². The molecule has 5 heteroatoms. The number of likely N-dealkylation sites (N-methyl/N-ethyl adjacent to an activating group) is 1. The van der Waals surface area contributed by atoms with Crippen molar-refractivity contribution < 1.29 is 14.7 Å². The fourth-order valence-corrected chi connectivity index (χ4v) is 3.10. The summed E-state index contributed by atoms with van der Waals surface area (Å²) in [5, 5.41) is 11.2. The topological polar surface area (TPSA) is 57.6 Å². The van der Waals surface area contributed by atoms with Gasteiger partial charge in [0, 0.05) is 12.1 Å². The summed E-state index contributed by atoms with van der Waals surface area (Å²) in [6.07, 6.45) is 0.714. The number of carbonyl (C=O) groups excluding carboxylic acids is 1. The third-order valence-electron chi connectivity index (χ3n) is 3.82. The van der Waals surface area contributed by atoms with Crippen LogP contribution in [-0.2, 0) is 11.2 Å². The Balaban J connectivity index is 2.38. The summed E-state index contributed by atoms with van der Waals surface area (Å²) in [4.78, 5) is 26.6. The normalized spacial score (nSPS) is 12.3. The van der Waals surface area contributed by atoms with E-state index in [9.17, 15) is 14.7 Å². The summed E-state index contributed by atoms with van der Waals surface area (Å²) in [5.41, 5.74) is 2.32. The standard InChI is InChI=1S/C18H21NO3S/c1-12(18(21)22)15-7-6-14(11-13(15)8-9-19(2)3)17(20)16-5-4-10-23-16/h4-7,10-12H,8-9H2,1-3H3,(H,21,22). The molecule has 0 aliphatic carbocycles. The van der Waals surface area contributed by atoms with Gasteiger partial charge in [-0.3, -0.25) is 9.59 Å². The maximum Gasteiger partial charge on any atom is 0.310 e. The number of carbonyl (C=O) groups is 2. The lowest BCUT2D eigenvalue weighted by Crippen LogP contribution is -2.18. The van der Waals surface area contributed by atoms with Gasteiger partial charge in [-0.15, -0.1) is 11.3 Å². The molecule has 2 rings (SSSR count). The molecule has 0 amide bonds. The molecule has 2 aromatic rings. The van der Waals surface area contributed by atoms with Crippen LogP contribution in [0.1, 0.15) is 39.2 Å². The first-order chi connectivity index (χ1) is 10.9. The van der Waals surface area contributed by atoms with Crippen molar-refractivity contribution >= 4 is 23.1 Å². The van der Waals surface area contributed by atoms with Gasteiger partial charge in [-0.25, -0.2) is 0 Å². The van der Waals surface area contributed by atoms with Gasteiger partial charge in [0.25, 0.3) is 0 Å². The highest BCUT2D eigenvalue weighted by atomic mass is 32.1. The lowest BCUT2D eigenvalue weighted by Gasteiger charge is -2.16. The summed E-state index contributed by atoms with van der Waals surface area (Å²) in [7, 11) is 3.95. The molecule has 0 saturated heterocycles. The average Bonchev–Trinajstić information content (AvgIpc) is 3.05. The molecule has 1 N–H and O–H groups in total. The smallest absolute Gasteiger partial charge is 0.310 e. The van der Waals surface area contributed by atoms with E-state index >= 15 is 0 Å². The van der Waals surface area contributed by atoms with E-state index < -0.39 is 11.9 Å². The van der Waals surface area contributed by atoms with Crippen molar-refractivity contribution in [3.8, 4) is 0 Å². The third-order valence-corrected chi connectivity index (χ3v) is 4.68. The molecule has 23 heavy (non-hydrogen) atoms. The predicted molar refractivity (Wildman–Crippen MR) is 92.5 cm³/mol. The first-order valence-corrected chi connectivity index (χ1v) is 8.36. The van der Waals surface area contributed by atoms with Crippen LogP contribution in [0.4, 0.5) is 0 Å². The number of aliphatic carboxylic acids is 1. The molecule has 0 bridgehead atoms. The zero-order valence-electron chi connectivity index (χ0n) is 13.6. The van der Waals surface area contributed by atoms with Crippen LogP contribution in [0, 0.1) is 0 Å². The molecule has 4 nitrogen and oxygen atoms in total. The second kappa shape index (κ2) is 7.53. The second-order valence-electron chi connectivity index (χ2n) is 5.83. The number of nitrogens with zero attached hydrogens (tertiary/aromatic N) is 1. The minimum Gasteiger partial charge on any atom is -0.481 e. The SMILES string of the molecule is CC(C(=O)O)c1ccc(C(=O)c2cccs2)cc1CCN(C)C. The highest BCUT2D eigenvalue weighted by Crippen LogP contribution is 2.24. The van der Waals surface area contributed by atoms with E-state index in [-0.39, 0.29) is 5.78 Å². The summed E-state index contributed by atoms with van der Waals surface area (Å²) in [6.45, 7) is 2.48. The van der Waals surface area contributed by atoms with E-state index in [1.54, 1.807) is 25.1 Å². The summed E-state index contributed by atoms with van der Waals surface area (Å²) in [6, 6.07) is 9.02. The zero-order chi connectivity index (χ0) is 17.0. The number of thiophene rings is 1. The summed E-state index contributed by atoms with van der Waals surface area (Å²) >= 11 is 1.41. The van der Waals surface area contributed by atoms with E-state index in [2.05, 4.69) is 0 Å². The van der Waals surface area contributed by atoms with E-state index in [1.165, 1.54) is 11.3 Å². The van der Waals surface area contributed by atoms with Crippen molar-refractivity contribution in [1.29, 1.82) is 0 Å². The van der Waals surface area contributed by atoms with Crippen LogP contribution >= 0.6 is 11.3 Å². The Hall–Kier alpha value is -1.98. The van der Waals surface area contributed by atoms with Gasteiger partial charge in [0.15, 0.2) is 0 Å². The highest BCUT2D eigenvalue weighted by Gasteiger charge is 2.19. The van der Waals surface area contributed by atoms with E-state index in [0.717, 1.165) is 17.7 Å². The van der Waals surface area contributed by atoms with Gasteiger partial charge in [-0.2, -0.15) is 0 Å². The van der Waals surface area contributed by atoms with Crippen LogP contribution in [0.5, 0.6) is 0 Å². The molecule has 0 saturated carbocycles. The molecule has 1 unspecified atom stereocenters. The van der Waals surface area contributed by atoms with Gasteiger partial charge in [0.05, 0.1) is 10.8 Å². The van der Waals surface area contributed by atoms with Crippen molar-refractivity contribution in [2.75, 3.05) is 20.6 Å². The molecule has 1 heterocycles. The number of hydrogen-bond acceptors (Lipinski definition) is 4. The quantitative estimate of drug-likeness (QED) is 0.791. The molecule has 1 aromatic carbocycles. The van der Waals surface area contributed by atoms with Gasteiger partial charge in [0.2, 0.25) is 5.78 Å². The van der Waals surface area contributed by atoms with Crippen LogP contribution in [0.15, 0.2) is 35.7 Å². The number of rotatable bonds is 7. The number of ketones is 1. The van der Waals surface area contributed by atoms with Gasteiger partial charge < -0.3 is 10.0 Å². The van der Waals surface area contributed by atoms with Crippen LogP contribution in [0.25, 0.3) is 0 Å². The number of carboxylic acid groups (broad SMARTS) is 1. The molecule has 0 aliphatic heterocycles. The largest absolute Gasteiger partial charge is 0.481 e. The van der Waals surface area contributed by atoms with Crippen molar-refractivity contribution in [3.63, 3.8) is 0 Å². The zero-order valence-corrected chi connectivity index (χ0v) is 14.4. The van der Waals surface area contributed by atoms with Crippen LogP contribution in [0.2, 0.25) is 0 Å². The molecule has 0 spiro atoms. The lowest BCUT2D eigenvalue weighted by atomic mass is 9.91. The number of benzene rings is 1. The summed E-state index contributed by atoms with van der Waals surface area (Å²) in [5.74, 6) is -1.45. The van der Waals surface area contributed by atoms with Crippen molar-refractivity contribution in [2.45, 2.75) is 19.3 Å². The molecule has 1 aromatic heterocycles. The van der Waals surface area contributed by atoms with Crippen molar-refractivity contribution in [2.24, 2.45) is 0 Å². The van der Waals surface area contributed by atoms with Gasteiger partial charge in [-0.05, 0) is 56.1 Å². The molecule has 122 valence electrons. The van der Waals surface area contributed by atoms with E-state index in [0.29, 0.717) is 16.9 Å². The summed E-state index contributed by atoms with van der Waals surface area (Å²) < 4.78 is 0. The first kappa shape index (κ1) is 17.4. The minimum absolute atomic E-state index is 0.0133. The predicted octanol–water partition coefficient (Wildman–Crippen LogP) is 3.27. The van der Waals surface area contributed by atoms with Gasteiger partial charge in [0.1, 0.15) is 0 Å². The third kappa shape index (κ3) is 4.27. The lowest BCUT2D eigenvalue weighted by molar-refractivity contribution is -0.138. The molecule has 0 fully saturated rings. The fourth-order valence-electron chi connectivity index (χ4n) is 2.41. The monoisotopic (exact) mass is 331 g/mol. The molecular formula is C18H21NO3S. The maximum atomic E-state index is 12.5. The Morgan fingerprint density at radius 3 is 2.57 bits per heavy atom. The van der Waals surface area contributed by atoms with Gasteiger partial charge in [-0.1, -0.05) is 18.2 Å². The molecular weight excluding hydrogens is 310 g/mol. The van der Waals surface area contributed by atoms with E-state index in [1.807, 2.05) is 36.5 Å². The fraction of sp³-hybridized carbons (Fsp3) is 0.333. The van der Waals surface area contributed by atoms with Crippen LogP contribution in [-0.4, -0.2) is 42.4 Å². The highest BCUT2D eigenvalue weighted by molar-refractivity contribution is 7.12. The number of carboxylic acids is 1. The molecule has 1 atom stereocenters. The van der Waals surface area contributed by atoms with Crippen molar-refractivity contribution in [1.82, 2.24) is 4.90 Å². The van der Waals surface area contributed by atoms with E-state index in [4.69, 9.17) is 0 Å². The number of hydrogen-bond donors (Lipinski definition) is 1. The van der Waals surface area contributed by atoms with Gasteiger partial charge >= 0.3 is 5.97 Å². The average molecular weight is 331 g/mol. The Kier molecular flexibility index (Phi) is 5.69. The van der Waals surface area contributed by atoms with Crippen LogP contribution < -0.4 is 0 Å². The Bertz CT molecular complexity index is 692. The first-order valence-electron chi connectivity index (χ1n) is 7.48. The molecule has 0 radical (unpaired) electrons. The van der Waals surface area contributed by atoms with Crippen molar-refractivity contribution in [3.05, 3.63) is 57.3 Å².